The lowest BCUT2D eigenvalue weighted by Gasteiger charge is -2.18. The van der Waals surface area contributed by atoms with E-state index in [1.54, 1.807) is 0 Å². The van der Waals surface area contributed by atoms with Gasteiger partial charge >= 0.3 is 17.9 Å². The summed E-state index contributed by atoms with van der Waals surface area (Å²) in [5.74, 6) is -0.982. The highest BCUT2D eigenvalue weighted by atomic mass is 16.6. The van der Waals surface area contributed by atoms with Crippen molar-refractivity contribution in [1.82, 2.24) is 0 Å². The molecular weight excluding hydrogens is 1020 g/mol. The minimum absolute atomic E-state index is 0.107. The maximum atomic E-state index is 12.9. The van der Waals surface area contributed by atoms with E-state index >= 15 is 0 Å². The largest absolute Gasteiger partial charge is 0.462 e. The molecule has 6 heteroatoms. The standard InChI is InChI=1S/C77H128O6/c1-4-7-10-13-16-19-22-25-28-30-32-33-34-35-36-37-38-39-40-41-42-43-45-46-49-52-55-58-61-64-67-70-76(79)82-73-74(72-81-75(78)69-66-63-60-57-54-51-48-27-24-21-18-15-12-9-6-3)83-77(80)71-68-65-62-59-56-53-50-47-44-31-29-26-23-20-17-14-11-8-5-2/h7-8,10-11,16-17,19-20,25-26,28-29,32-33,35-36,44,47,53,56,62,65,74H,4-6,9,12-15,18,21-24,27,30-31,34,37-43,45-46,48-52,54-55,57-61,63-64,66-73H2,1-3H3/b10-7-,11-8-,19-16-,20-17-,28-25-,29-26-,33-32-,36-35-,47-44-,56-53-,65-62-. The van der Waals surface area contributed by atoms with Gasteiger partial charge in [0.05, 0.1) is 0 Å². The summed E-state index contributed by atoms with van der Waals surface area (Å²) in [5.41, 5.74) is 0. The molecule has 83 heavy (non-hydrogen) atoms. The Balaban J connectivity index is 4.34. The van der Waals surface area contributed by atoms with Gasteiger partial charge < -0.3 is 14.2 Å². The summed E-state index contributed by atoms with van der Waals surface area (Å²) in [6, 6.07) is 0. The van der Waals surface area contributed by atoms with E-state index in [9.17, 15) is 14.4 Å². The molecule has 0 aromatic rings. The van der Waals surface area contributed by atoms with Gasteiger partial charge in [0.15, 0.2) is 6.10 Å². The molecule has 0 aliphatic heterocycles. The first kappa shape index (κ1) is 78.5. The number of carbonyl (C=O) groups excluding carboxylic acids is 3. The van der Waals surface area contributed by atoms with E-state index in [4.69, 9.17) is 14.2 Å². The van der Waals surface area contributed by atoms with Crippen LogP contribution in [0.3, 0.4) is 0 Å². The van der Waals surface area contributed by atoms with Crippen molar-refractivity contribution in [1.29, 1.82) is 0 Å². The average Bonchev–Trinajstić information content (AvgIpc) is 3.49. The molecule has 0 aliphatic carbocycles. The van der Waals surface area contributed by atoms with Crippen molar-refractivity contribution in [2.24, 2.45) is 0 Å². The highest BCUT2D eigenvalue weighted by Crippen LogP contribution is 2.17. The smallest absolute Gasteiger partial charge is 0.306 e. The van der Waals surface area contributed by atoms with Crippen molar-refractivity contribution in [3.8, 4) is 0 Å². The third-order valence-electron chi connectivity index (χ3n) is 14.7. The number of unbranched alkanes of at least 4 members (excludes halogenated alkanes) is 29. The minimum atomic E-state index is -0.821. The maximum Gasteiger partial charge on any atom is 0.306 e. The second kappa shape index (κ2) is 70.0. The molecule has 0 amide bonds. The van der Waals surface area contributed by atoms with Crippen LogP contribution in [-0.2, 0) is 28.6 Å². The fourth-order valence-electron chi connectivity index (χ4n) is 9.56. The zero-order valence-electron chi connectivity index (χ0n) is 54.2. The van der Waals surface area contributed by atoms with Crippen LogP contribution in [0, 0.1) is 0 Å². The van der Waals surface area contributed by atoms with Gasteiger partial charge in [-0.15, -0.1) is 0 Å². The molecule has 0 N–H and O–H groups in total. The van der Waals surface area contributed by atoms with Crippen molar-refractivity contribution in [2.45, 2.75) is 322 Å². The fraction of sp³-hybridized carbons (Fsp3) is 0.675. The third-order valence-corrected chi connectivity index (χ3v) is 14.7. The number of ether oxygens (including phenoxy) is 3. The first-order valence-corrected chi connectivity index (χ1v) is 34.7. The lowest BCUT2D eigenvalue weighted by atomic mass is 10.0. The zero-order chi connectivity index (χ0) is 59.9. The first-order valence-electron chi connectivity index (χ1n) is 34.7. The van der Waals surface area contributed by atoms with Crippen LogP contribution in [0.2, 0.25) is 0 Å². The topological polar surface area (TPSA) is 78.9 Å². The van der Waals surface area contributed by atoms with E-state index in [-0.39, 0.29) is 37.5 Å². The van der Waals surface area contributed by atoms with Crippen LogP contribution in [0.25, 0.3) is 0 Å². The minimum Gasteiger partial charge on any atom is -0.462 e. The van der Waals surface area contributed by atoms with Crippen molar-refractivity contribution in [2.75, 3.05) is 13.2 Å². The van der Waals surface area contributed by atoms with Gasteiger partial charge in [-0.1, -0.05) is 328 Å². The SMILES string of the molecule is CC/C=C\C/C=C\C/C=C\C/C=C\C/C=C\C/C=C\CCC(=O)OC(COC(=O)CCCCCCCCCCCCCCCCC)COC(=O)CCCCCCCCCCCCCCCCC/C=C\C/C=C\C/C=C\C/C=C\C/C=C\CC. The molecule has 0 saturated heterocycles. The van der Waals surface area contributed by atoms with Gasteiger partial charge in [-0.05, 0) is 103 Å². The summed E-state index contributed by atoms with van der Waals surface area (Å²) in [4.78, 5) is 38.4. The summed E-state index contributed by atoms with van der Waals surface area (Å²) < 4.78 is 16.9. The van der Waals surface area contributed by atoms with Gasteiger partial charge in [0.25, 0.3) is 0 Å². The molecule has 0 radical (unpaired) electrons. The zero-order valence-corrected chi connectivity index (χ0v) is 54.2. The number of rotatable bonds is 62. The quantitative estimate of drug-likeness (QED) is 0.0261. The first-order chi connectivity index (χ1) is 41.0. The van der Waals surface area contributed by atoms with E-state index in [1.165, 1.54) is 161 Å². The highest BCUT2D eigenvalue weighted by molar-refractivity contribution is 5.71. The van der Waals surface area contributed by atoms with E-state index < -0.39 is 6.10 Å². The molecule has 0 aromatic heterocycles. The molecule has 0 saturated carbocycles. The third kappa shape index (κ3) is 68.2. The van der Waals surface area contributed by atoms with Gasteiger partial charge in [-0.2, -0.15) is 0 Å². The Morgan fingerprint density at radius 2 is 0.494 bits per heavy atom. The van der Waals surface area contributed by atoms with Gasteiger partial charge in [-0.3, -0.25) is 14.4 Å². The summed E-state index contributed by atoms with van der Waals surface area (Å²) in [7, 11) is 0. The molecule has 0 heterocycles. The van der Waals surface area contributed by atoms with Crippen molar-refractivity contribution in [3.05, 3.63) is 134 Å². The average molecular weight is 1150 g/mol. The van der Waals surface area contributed by atoms with Crippen LogP contribution in [0.5, 0.6) is 0 Å². The number of esters is 3. The van der Waals surface area contributed by atoms with Crippen molar-refractivity contribution >= 4 is 17.9 Å². The van der Waals surface area contributed by atoms with Crippen LogP contribution in [0.15, 0.2) is 134 Å². The predicted octanol–water partition coefficient (Wildman–Crippen LogP) is 24.1. The number of allylic oxidation sites excluding steroid dienone is 22. The maximum absolute atomic E-state index is 12.9. The summed E-state index contributed by atoms with van der Waals surface area (Å²) in [6.45, 7) is 6.38. The van der Waals surface area contributed by atoms with Gasteiger partial charge in [0.1, 0.15) is 13.2 Å². The van der Waals surface area contributed by atoms with Crippen LogP contribution < -0.4 is 0 Å². The fourth-order valence-corrected chi connectivity index (χ4v) is 9.56. The number of carbonyl (C=O) groups is 3. The summed E-state index contributed by atoms with van der Waals surface area (Å²) >= 11 is 0. The Hall–Kier alpha value is -4.45. The molecule has 472 valence electrons. The molecule has 0 aliphatic rings. The number of hydrogen-bond acceptors (Lipinski definition) is 6. The second-order valence-electron chi connectivity index (χ2n) is 22.7. The molecule has 0 spiro atoms. The van der Waals surface area contributed by atoms with Crippen LogP contribution in [0.4, 0.5) is 0 Å². The Morgan fingerprint density at radius 1 is 0.253 bits per heavy atom. The molecule has 0 rings (SSSR count). The Kier molecular flexibility index (Phi) is 66.3. The summed E-state index contributed by atoms with van der Waals surface area (Å²) in [5, 5.41) is 0. The predicted molar refractivity (Wildman–Crippen MR) is 362 cm³/mol. The van der Waals surface area contributed by atoms with Gasteiger partial charge in [0, 0.05) is 19.3 Å². The van der Waals surface area contributed by atoms with Crippen molar-refractivity contribution in [3.63, 3.8) is 0 Å². The molecule has 1 unspecified atom stereocenters. The molecule has 0 aromatic carbocycles. The molecule has 1 atom stereocenters. The second-order valence-corrected chi connectivity index (χ2v) is 22.7. The van der Waals surface area contributed by atoms with E-state index in [0.717, 1.165) is 109 Å². The van der Waals surface area contributed by atoms with Gasteiger partial charge in [0.2, 0.25) is 0 Å². The molecule has 6 nitrogen and oxygen atoms in total. The van der Waals surface area contributed by atoms with E-state index in [2.05, 4.69) is 148 Å². The van der Waals surface area contributed by atoms with E-state index in [0.29, 0.717) is 19.3 Å². The highest BCUT2D eigenvalue weighted by Gasteiger charge is 2.19. The lowest BCUT2D eigenvalue weighted by molar-refractivity contribution is -0.166. The summed E-state index contributed by atoms with van der Waals surface area (Å²) in [6.07, 6.45) is 99.2. The molecule has 0 bridgehead atoms. The van der Waals surface area contributed by atoms with Crippen molar-refractivity contribution < 1.29 is 28.6 Å². The molecular formula is C77H128O6. The van der Waals surface area contributed by atoms with Gasteiger partial charge in [-0.25, -0.2) is 0 Å². The van der Waals surface area contributed by atoms with Crippen LogP contribution >= 0.6 is 0 Å². The Labute approximate surface area is 513 Å². The lowest BCUT2D eigenvalue weighted by Crippen LogP contribution is -2.30. The normalized spacial score (nSPS) is 13.0. The monoisotopic (exact) mass is 1150 g/mol. The number of hydrogen-bond donors (Lipinski definition) is 0. The van der Waals surface area contributed by atoms with E-state index in [1.807, 2.05) is 6.08 Å². The Bertz CT molecular complexity index is 1750. The Morgan fingerprint density at radius 3 is 0.783 bits per heavy atom. The van der Waals surface area contributed by atoms with Crippen LogP contribution in [-0.4, -0.2) is 37.2 Å². The molecule has 0 fully saturated rings. The van der Waals surface area contributed by atoms with Crippen LogP contribution in [0.1, 0.15) is 316 Å².